The Morgan fingerprint density at radius 3 is 2.36 bits per heavy atom. The molecule has 1 aliphatic heterocycles. The molecule has 108 valence electrons. The molecular formula is C10H5N9S2Se. The molecule has 0 unspecified atom stereocenters. The van der Waals surface area contributed by atoms with Crippen molar-refractivity contribution in [1.82, 2.24) is 25.5 Å². The molecule has 0 aliphatic carbocycles. The van der Waals surface area contributed by atoms with Gasteiger partial charge in [-0.3, -0.25) is 0 Å². The van der Waals surface area contributed by atoms with Gasteiger partial charge in [0.05, 0.1) is 0 Å². The summed E-state index contributed by atoms with van der Waals surface area (Å²) in [4.78, 5) is 1.91. The number of anilines is 6. The number of aromatic nitrogens is 6. The fraction of sp³-hybridized carbons (Fsp3) is 0. The number of rotatable bonds is 1. The molecular weight excluding hydrogens is 389 g/mol. The summed E-state index contributed by atoms with van der Waals surface area (Å²) >= 11 is 2.09. The van der Waals surface area contributed by atoms with Gasteiger partial charge in [0.2, 0.25) is 0 Å². The van der Waals surface area contributed by atoms with Crippen LogP contribution in [0.25, 0.3) is 11.0 Å². The summed E-state index contributed by atoms with van der Waals surface area (Å²) in [6.45, 7) is 0. The summed E-state index contributed by atoms with van der Waals surface area (Å²) in [5.41, 5.74) is 8.99. The molecule has 22 heavy (non-hydrogen) atoms. The van der Waals surface area contributed by atoms with Crippen LogP contribution in [0, 0.1) is 0 Å². The van der Waals surface area contributed by atoms with Crippen molar-refractivity contribution < 1.29 is 0 Å². The van der Waals surface area contributed by atoms with E-state index in [0.29, 0.717) is 29.0 Å². The van der Waals surface area contributed by atoms with Crippen LogP contribution in [-0.2, 0) is 0 Å². The summed E-state index contributed by atoms with van der Waals surface area (Å²) in [5.74, 6) is 2.70. The number of hydrogen-bond donors (Lipinski definition) is 2. The molecule has 9 nitrogen and oxygen atoms in total. The van der Waals surface area contributed by atoms with E-state index >= 15 is 0 Å². The second-order valence-electron chi connectivity index (χ2n) is 4.47. The topological polar surface area (TPSA) is 119 Å². The molecule has 3 N–H and O–H groups in total. The van der Waals surface area contributed by atoms with Crippen LogP contribution in [0.2, 0.25) is 0 Å². The second kappa shape index (κ2) is 4.43. The van der Waals surface area contributed by atoms with Gasteiger partial charge in [0, 0.05) is 0 Å². The number of nitrogen functional groups attached to an aromatic ring is 1. The van der Waals surface area contributed by atoms with E-state index in [4.69, 9.17) is 5.73 Å². The Balaban J connectivity index is 1.83. The van der Waals surface area contributed by atoms with Crippen molar-refractivity contribution in [3.8, 4) is 0 Å². The summed E-state index contributed by atoms with van der Waals surface area (Å²) in [6.07, 6.45) is 0. The Labute approximate surface area is 137 Å². The van der Waals surface area contributed by atoms with Gasteiger partial charge in [-0.05, 0) is 0 Å². The van der Waals surface area contributed by atoms with Crippen molar-refractivity contribution in [3.05, 3.63) is 12.1 Å². The molecule has 1 aromatic carbocycles. The molecule has 0 fully saturated rings. The van der Waals surface area contributed by atoms with Gasteiger partial charge < -0.3 is 0 Å². The van der Waals surface area contributed by atoms with E-state index in [0.717, 1.165) is 40.2 Å². The number of hydrogen-bond acceptors (Lipinski definition) is 11. The van der Waals surface area contributed by atoms with Crippen LogP contribution in [0.4, 0.5) is 34.6 Å². The first-order valence-corrected chi connectivity index (χ1v) is 9.05. The average molecular weight is 394 g/mol. The van der Waals surface area contributed by atoms with E-state index in [-0.39, 0.29) is 15.0 Å². The Bertz CT molecular complexity index is 965. The van der Waals surface area contributed by atoms with Crippen molar-refractivity contribution in [2.45, 2.75) is 0 Å². The maximum atomic E-state index is 5.99. The van der Waals surface area contributed by atoms with Gasteiger partial charge in [-0.15, -0.1) is 0 Å². The van der Waals surface area contributed by atoms with Gasteiger partial charge >= 0.3 is 138 Å². The molecule has 4 aromatic rings. The standard InChI is InChI=1S/C10H5N9S2Se/c11-3-1-2-4(6-5(3)17-22-18-6)19-9-7(13-20-15-9)12-8-10(19)16-21-14-8/h1-2H,11H2,(H,12,13,14). The SMILES string of the molecule is Nc1ccc(N2c3nsnc3Nc3nsnc32)c2n[se]nc12. The normalized spacial score (nSPS) is 13.0. The molecule has 0 radical (unpaired) electrons. The maximum absolute atomic E-state index is 5.99. The van der Waals surface area contributed by atoms with Gasteiger partial charge in [0.25, 0.3) is 0 Å². The third-order valence-electron chi connectivity index (χ3n) is 3.27. The zero-order valence-corrected chi connectivity index (χ0v) is 13.9. The van der Waals surface area contributed by atoms with Crippen molar-refractivity contribution in [1.29, 1.82) is 0 Å². The molecule has 5 rings (SSSR count). The van der Waals surface area contributed by atoms with Gasteiger partial charge in [-0.1, -0.05) is 0 Å². The van der Waals surface area contributed by atoms with Gasteiger partial charge in [-0.25, -0.2) is 0 Å². The number of nitrogens with one attached hydrogen (secondary N) is 1. The second-order valence-corrected chi connectivity index (χ2v) is 6.63. The summed E-state index contributed by atoms with van der Waals surface area (Å²) < 4.78 is 26.2. The number of benzene rings is 1. The molecule has 0 spiro atoms. The first-order valence-electron chi connectivity index (χ1n) is 6.06. The first-order chi connectivity index (χ1) is 10.8. The summed E-state index contributed by atoms with van der Waals surface area (Å²) in [5, 5.41) is 3.14. The third-order valence-corrected chi connectivity index (χ3v) is 5.42. The molecule has 0 saturated carbocycles. The van der Waals surface area contributed by atoms with E-state index in [1.165, 1.54) is 0 Å². The Hall–Kier alpha value is -2.14. The molecule has 4 heterocycles. The van der Waals surface area contributed by atoms with Crippen molar-refractivity contribution in [3.63, 3.8) is 0 Å². The molecule has 0 bridgehead atoms. The molecule has 12 heteroatoms. The van der Waals surface area contributed by atoms with Crippen LogP contribution in [0.3, 0.4) is 0 Å². The Morgan fingerprint density at radius 2 is 1.64 bits per heavy atom. The zero-order valence-electron chi connectivity index (χ0n) is 10.6. The number of nitrogens with two attached hydrogens (primary N) is 1. The first kappa shape index (κ1) is 12.4. The van der Waals surface area contributed by atoms with Crippen LogP contribution >= 0.6 is 23.5 Å². The van der Waals surface area contributed by atoms with Gasteiger partial charge in [-0.2, -0.15) is 0 Å². The fourth-order valence-corrected chi connectivity index (χ4v) is 4.51. The molecule has 1 aliphatic rings. The van der Waals surface area contributed by atoms with Crippen LogP contribution in [0.1, 0.15) is 0 Å². The van der Waals surface area contributed by atoms with Gasteiger partial charge in [0.15, 0.2) is 0 Å². The van der Waals surface area contributed by atoms with Crippen LogP contribution in [0.5, 0.6) is 0 Å². The van der Waals surface area contributed by atoms with E-state index in [1.807, 2.05) is 17.0 Å². The number of nitrogens with zero attached hydrogens (tertiary/aromatic N) is 7. The predicted octanol–water partition coefficient (Wildman–Crippen LogP) is 1.50. The fourth-order valence-electron chi connectivity index (χ4n) is 2.31. The summed E-state index contributed by atoms with van der Waals surface area (Å²) in [6, 6.07) is 3.74. The number of fused-ring (bicyclic) bond motifs is 3. The van der Waals surface area contributed by atoms with E-state index in [1.54, 1.807) is 0 Å². The van der Waals surface area contributed by atoms with Crippen molar-refractivity contribution in [2.75, 3.05) is 16.0 Å². The minimum absolute atomic E-state index is 0.174. The molecule has 0 amide bonds. The van der Waals surface area contributed by atoms with Crippen LogP contribution in [0.15, 0.2) is 12.1 Å². The van der Waals surface area contributed by atoms with E-state index in [2.05, 4.69) is 30.8 Å². The van der Waals surface area contributed by atoms with E-state index in [9.17, 15) is 0 Å². The van der Waals surface area contributed by atoms with Crippen molar-refractivity contribution in [2.24, 2.45) is 0 Å². The Morgan fingerprint density at radius 1 is 0.955 bits per heavy atom. The predicted molar refractivity (Wildman–Crippen MR) is 85.8 cm³/mol. The van der Waals surface area contributed by atoms with Crippen molar-refractivity contribution >= 4 is 84.1 Å². The average Bonchev–Trinajstić information content (AvgIpc) is 3.25. The molecule has 0 saturated heterocycles. The summed E-state index contributed by atoms with van der Waals surface area (Å²) in [7, 11) is 0. The molecule has 3 aromatic heterocycles. The van der Waals surface area contributed by atoms with E-state index < -0.39 is 0 Å². The quantitative estimate of drug-likeness (QED) is 0.322. The monoisotopic (exact) mass is 395 g/mol. The minimum atomic E-state index is -0.174. The Kier molecular flexibility index (Phi) is 2.50. The third kappa shape index (κ3) is 1.57. The van der Waals surface area contributed by atoms with Crippen LogP contribution < -0.4 is 16.0 Å². The zero-order chi connectivity index (χ0) is 14.7. The van der Waals surface area contributed by atoms with Gasteiger partial charge in [0.1, 0.15) is 0 Å². The molecule has 0 atom stereocenters. The van der Waals surface area contributed by atoms with Crippen LogP contribution in [-0.4, -0.2) is 40.4 Å².